The summed E-state index contributed by atoms with van der Waals surface area (Å²) in [5, 5.41) is 6.18. The highest BCUT2D eigenvalue weighted by atomic mass is 32.1. The van der Waals surface area contributed by atoms with Crippen molar-refractivity contribution in [3.05, 3.63) is 57.3 Å². The van der Waals surface area contributed by atoms with E-state index in [2.05, 4.69) is 40.7 Å². The Morgan fingerprint density at radius 1 is 1.39 bits per heavy atom. The molecule has 23 heavy (non-hydrogen) atoms. The number of thiophene rings is 1. The molecule has 1 amide bonds. The lowest BCUT2D eigenvalue weighted by Gasteiger charge is -2.36. The number of amides is 1. The number of rotatable bonds is 4. The van der Waals surface area contributed by atoms with Crippen LogP contribution in [-0.2, 0) is 6.54 Å². The second kappa shape index (κ2) is 7.25. The van der Waals surface area contributed by atoms with Gasteiger partial charge in [0.15, 0.2) is 0 Å². The number of benzene rings is 1. The van der Waals surface area contributed by atoms with Crippen LogP contribution in [0, 0.1) is 6.92 Å². The summed E-state index contributed by atoms with van der Waals surface area (Å²) in [5.74, 6) is -0.0314. The lowest BCUT2D eigenvalue weighted by Crippen LogP contribution is -2.45. The van der Waals surface area contributed by atoms with Gasteiger partial charge in [-0.05, 0) is 36.8 Å². The van der Waals surface area contributed by atoms with E-state index in [-0.39, 0.29) is 5.91 Å². The van der Waals surface area contributed by atoms with Crippen LogP contribution >= 0.6 is 11.3 Å². The van der Waals surface area contributed by atoms with Crippen LogP contribution in [0.2, 0.25) is 0 Å². The van der Waals surface area contributed by atoms with Gasteiger partial charge >= 0.3 is 0 Å². The van der Waals surface area contributed by atoms with Gasteiger partial charge in [-0.25, -0.2) is 0 Å². The van der Waals surface area contributed by atoms with E-state index in [1.165, 1.54) is 15.3 Å². The summed E-state index contributed by atoms with van der Waals surface area (Å²) < 4.78 is 0. The molecule has 122 valence electrons. The van der Waals surface area contributed by atoms with Gasteiger partial charge in [-0.15, -0.1) is 11.3 Å². The highest BCUT2D eigenvalue weighted by Gasteiger charge is 2.24. The molecule has 0 aliphatic carbocycles. The maximum atomic E-state index is 11.9. The maximum Gasteiger partial charge on any atom is 0.251 e. The largest absolute Gasteiger partial charge is 0.355 e. The van der Waals surface area contributed by atoms with E-state index in [4.69, 9.17) is 0 Å². The summed E-state index contributed by atoms with van der Waals surface area (Å²) in [6, 6.07) is 12.7. The molecule has 1 aliphatic heterocycles. The summed E-state index contributed by atoms with van der Waals surface area (Å²) in [7, 11) is 1.67. The monoisotopic (exact) mass is 329 g/mol. The number of nitrogens with zero attached hydrogens (tertiary/aromatic N) is 1. The number of aryl methyl sites for hydroxylation is 1. The Morgan fingerprint density at radius 2 is 2.26 bits per heavy atom. The number of carbonyl (C=O) groups is 1. The SMILES string of the molecule is CNC(=O)c1cccc([C@@H]2CNCCN2Cc2ccc(C)s2)c1. The van der Waals surface area contributed by atoms with Gasteiger partial charge in [0.2, 0.25) is 0 Å². The molecule has 5 heteroatoms. The third-order valence-electron chi connectivity index (χ3n) is 4.27. The quantitative estimate of drug-likeness (QED) is 0.906. The van der Waals surface area contributed by atoms with Crippen molar-refractivity contribution in [1.82, 2.24) is 15.5 Å². The van der Waals surface area contributed by atoms with Gasteiger partial charge < -0.3 is 10.6 Å². The summed E-state index contributed by atoms with van der Waals surface area (Å²) in [5.41, 5.74) is 1.93. The fourth-order valence-electron chi connectivity index (χ4n) is 3.07. The predicted molar refractivity (Wildman–Crippen MR) is 94.9 cm³/mol. The normalized spacial score (nSPS) is 18.8. The van der Waals surface area contributed by atoms with Gasteiger partial charge in [0.1, 0.15) is 0 Å². The smallest absolute Gasteiger partial charge is 0.251 e. The van der Waals surface area contributed by atoms with Crippen molar-refractivity contribution in [1.29, 1.82) is 0 Å². The first kappa shape index (κ1) is 16.2. The van der Waals surface area contributed by atoms with Crippen molar-refractivity contribution < 1.29 is 4.79 Å². The Balaban J connectivity index is 1.82. The highest BCUT2D eigenvalue weighted by Crippen LogP contribution is 2.27. The van der Waals surface area contributed by atoms with E-state index >= 15 is 0 Å². The number of nitrogens with one attached hydrogen (secondary N) is 2. The van der Waals surface area contributed by atoms with Crippen LogP contribution in [0.5, 0.6) is 0 Å². The Labute approximate surface area is 141 Å². The third-order valence-corrected chi connectivity index (χ3v) is 5.26. The third kappa shape index (κ3) is 3.80. The number of hydrogen-bond acceptors (Lipinski definition) is 4. The predicted octanol–water partition coefficient (Wildman–Crippen LogP) is 2.56. The van der Waals surface area contributed by atoms with Crippen molar-refractivity contribution in [3.8, 4) is 0 Å². The van der Waals surface area contributed by atoms with E-state index in [1.807, 2.05) is 29.5 Å². The van der Waals surface area contributed by atoms with Crippen molar-refractivity contribution in [3.63, 3.8) is 0 Å². The van der Waals surface area contributed by atoms with E-state index in [9.17, 15) is 4.79 Å². The molecule has 2 aromatic rings. The minimum Gasteiger partial charge on any atom is -0.355 e. The van der Waals surface area contributed by atoms with Crippen molar-refractivity contribution >= 4 is 17.2 Å². The topological polar surface area (TPSA) is 44.4 Å². The summed E-state index contributed by atoms with van der Waals surface area (Å²) in [6.45, 7) is 6.06. The van der Waals surface area contributed by atoms with Crippen LogP contribution < -0.4 is 10.6 Å². The molecule has 0 saturated carbocycles. The first-order valence-electron chi connectivity index (χ1n) is 7.99. The van der Waals surface area contributed by atoms with Crippen molar-refractivity contribution in [2.45, 2.75) is 19.5 Å². The zero-order valence-electron chi connectivity index (χ0n) is 13.6. The molecule has 1 aromatic heterocycles. The van der Waals surface area contributed by atoms with Gasteiger partial charge in [-0.2, -0.15) is 0 Å². The first-order chi connectivity index (χ1) is 11.2. The number of carbonyl (C=O) groups excluding carboxylic acids is 1. The van der Waals surface area contributed by atoms with Gasteiger partial charge in [0.25, 0.3) is 5.91 Å². The van der Waals surface area contributed by atoms with Crippen molar-refractivity contribution in [2.24, 2.45) is 0 Å². The molecular weight excluding hydrogens is 306 g/mol. The molecule has 2 N–H and O–H groups in total. The molecule has 4 nitrogen and oxygen atoms in total. The summed E-state index contributed by atoms with van der Waals surface area (Å²) in [4.78, 5) is 17.1. The molecule has 1 atom stereocenters. The molecule has 1 saturated heterocycles. The average molecular weight is 329 g/mol. The maximum absolute atomic E-state index is 11.9. The fraction of sp³-hybridized carbons (Fsp3) is 0.389. The van der Waals surface area contributed by atoms with Crippen LogP contribution in [-0.4, -0.2) is 37.5 Å². The molecular formula is C18H23N3OS. The van der Waals surface area contributed by atoms with Gasteiger partial charge in [-0.3, -0.25) is 9.69 Å². The lowest BCUT2D eigenvalue weighted by molar-refractivity contribution is 0.0962. The Kier molecular flexibility index (Phi) is 5.10. The highest BCUT2D eigenvalue weighted by molar-refractivity contribution is 7.11. The Hall–Kier alpha value is -1.69. The van der Waals surface area contributed by atoms with E-state index in [0.717, 1.165) is 31.7 Å². The number of piperazine rings is 1. The molecule has 0 unspecified atom stereocenters. The molecule has 1 fully saturated rings. The van der Waals surface area contributed by atoms with E-state index in [1.54, 1.807) is 7.05 Å². The zero-order chi connectivity index (χ0) is 16.2. The second-order valence-corrected chi connectivity index (χ2v) is 7.28. The summed E-state index contributed by atoms with van der Waals surface area (Å²) >= 11 is 1.86. The molecule has 2 heterocycles. The Bertz CT molecular complexity index is 682. The van der Waals surface area contributed by atoms with Crippen LogP contribution in [0.3, 0.4) is 0 Å². The second-order valence-electron chi connectivity index (χ2n) is 5.91. The molecule has 0 spiro atoms. The molecule has 1 aliphatic rings. The molecule has 3 rings (SSSR count). The molecule has 1 aromatic carbocycles. The van der Waals surface area contributed by atoms with E-state index in [0.29, 0.717) is 6.04 Å². The fourth-order valence-corrected chi connectivity index (χ4v) is 3.98. The van der Waals surface area contributed by atoms with Crippen molar-refractivity contribution in [2.75, 3.05) is 26.7 Å². The average Bonchev–Trinajstić information content (AvgIpc) is 2.99. The Morgan fingerprint density at radius 3 is 3.00 bits per heavy atom. The minimum atomic E-state index is -0.0314. The van der Waals surface area contributed by atoms with Crippen LogP contribution in [0.4, 0.5) is 0 Å². The standard InChI is InChI=1S/C18H23N3OS/c1-13-6-7-16(23-13)12-21-9-8-20-11-17(21)14-4-3-5-15(10-14)18(22)19-2/h3-7,10,17,20H,8-9,11-12H2,1-2H3,(H,19,22)/t17-/m0/s1. The van der Waals surface area contributed by atoms with Crippen LogP contribution in [0.15, 0.2) is 36.4 Å². The van der Waals surface area contributed by atoms with Gasteiger partial charge in [-0.1, -0.05) is 12.1 Å². The van der Waals surface area contributed by atoms with Crippen LogP contribution in [0.1, 0.15) is 31.7 Å². The first-order valence-corrected chi connectivity index (χ1v) is 8.81. The van der Waals surface area contributed by atoms with Crippen LogP contribution in [0.25, 0.3) is 0 Å². The molecule has 0 bridgehead atoms. The van der Waals surface area contributed by atoms with Gasteiger partial charge in [0.05, 0.1) is 0 Å². The van der Waals surface area contributed by atoms with Gasteiger partial charge in [0, 0.05) is 54.6 Å². The van der Waals surface area contributed by atoms with E-state index < -0.39 is 0 Å². The zero-order valence-corrected chi connectivity index (χ0v) is 14.5. The summed E-state index contributed by atoms with van der Waals surface area (Å²) in [6.07, 6.45) is 0. The number of hydrogen-bond donors (Lipinski definition) is 2. The molecule has 0 radical (unpaired) electrons. The minimum absolute atomic E-state index is 0.0314. The lowest BCUT2D eigenvalue weighted by atomic mass is 10.0.